The van der Waals surface area contributed by atoms with Gasteiger partial charge in [-0.15, -0.1) is 11.3 Å². The lowest BCUT2D eigenvalue weighted by molar-refractivity contribution is -0.138. The van der Waals surface area contributed by atoms with E-state index in [4.69, 9.17) is 21.4 Å². The van der Waals surface area contributed by atoms with Gasteiger partial charge in [0.05, 0.1) is 17.0 Å². The Balaban J connectivity index is 1.97. The van der Waals surface area contributed by atoms with Gasteiger partial charge in [-0.2, -0.15) is 13.2 Å². The SMILES string of the molecule is O=C(O)Cc1csc2ccc(Oc3c(F)cc(C(F)(F)F)cc3Cl)cc12. The number of benzene rings is 2. The molecule has 26 heavy (non-hydrogen) atoms. The number of carboxylic acid groups (broad SMARTS) is 1. The van der Waals surface area contributed by atoms with E-state index in [2.05, 4.69) is 0 Å². The summed E-state index contributed by atoms with van der Waals surface area (Å²) >= 11 is 7.09. The predicted molar refractivity (Wildman–Crippen MR) is 89.7 cm³/mol. The van der Waals surface area contributed by atoms with Crippen LogP contribution in [0.15, 0.2) is 35.7 Å². The minimum Gasteiger partial charge on any atom is -0.481 e. The monoisotopic (exact) mass is 404 g/mol. The lowest BCUT2D eigenvalue weighted by atomic mass is 10.1. The third-order valence-corrected chi connectivity index (χ3v) is 4.81. The molecule has 0 amide bonds. The van der Waals surface area contributed by atoms with Crippen molar-refractivity contribution in [1.82, 2.24) is 0 Å². The highest BCUT2D eigenvalue weighted by molar-refractivity contribution is 7.17. The molecule has 1 heterocycles. The molecule has 0 saturated heterocycles. The first kappa shape index (κ1) is 18.5. The van der Waals surface area contributed by atoms with Crippen LogP contribution in [0, 0.1) is 5.82 Å². The summed E-state index contributed by atoms with van der Waals surface area (Å²) in [4.78, 5) is 10.9. The Morgan fingerprint density at radius 2 is 1.96 bits per heavy atom. The summed E-state index contributed by atoms with van der Waals surface area (Å²) in [5.74, 6) is -2.66. The average Bonchev–Trinajstić information content (AvgIpc) is 2.91. The molecule has 0 aliphatic rings. The predicted octanol–water partition coefficient (Wildman–Crippen LogP) is 6.13. The van der Waals surface area contributed by atoms with Gasteiger partial charge in [0, 0.05) is 4.70 Å². The molecule has 0 radical (unpaired) electrons. The molecule has 0 fully saturated rings. The van der Waals surface area contributed by atoms with Crippen molar-refractivity contribution in [3.63, 3.8) is 0 Å². The summed E-state index contributed by atoms with van der Waals surface area (Å²) in [5, 5.41) is 10.7. The first-order valence-electron chi connectivity index (χ1n) is 7.11. The van der Waals surface area contributed by atoms with E-state index < -0.39 is 34.3 Å². The van der Waals surface area contributed by atoms with Gasteiger partial charge in [0.1, 0.15) is 5.75 Å². The number of aliphatic carboxylic acids is 1. The van der Waals surface area contributed by atoms with Gasteiger partial charge in [-0.25, -0.2) is 4.39 Å². The quantitative estimate of drug-likeness (QED) is 0.532. The second kappa shape index (κ2) is 6.77. The zero-order chi connectivity index (χ0) is 19.1. The molecule has 3 aromatic rings. The highest BCUT2D eigenvalue weighted by atomic mass is 35.5. The van der Waals surface area contributed by atoms with Crippen molar-refractivity contribution in [2.24, 2.45) is 0 Å². The second-order valence-electron chi connectivity index (χ2n) is 5.36. The molecule has 0 saturated carbocycles. The van der Waals surface area contributed by atoms with Crippen molar-refractivity contribution in [3.8, 4) is 11.5 Å². The third-order valence-electron chi connectivity index (χ3n) is 3.51. The van der Waals surface area contributed by atoms with Crippen LogP contribution in [-0.4, -0.2) is 11.1 Å². The summed E-state index contributed by atoms with van der Waals surface area (Å²) in [5.41, 5.74) is -0.661. The lowest BCUT2D eigenvalue weighted by Crippen LogP contribution is -2.06. The molecule has 0 spiro atoms. The van der Waals surface area contributed by atoms with Gasteiger partial charge in [0.15, 0.2) is 11.6 Å². The highest BCUT2D eigenvalue weighted by Crippen LogP contribution is 2.39. The number of fused-ring (bicyclic) bond motifs is 1. The largest absolute Gasteiger partial charge is 0.481 e. The number of halogens is 5. The standard InChI is InChI=1S/C17H9ClF4O3S/c18-12-4-9(17(20,21)22)5-13(19)16(12)25-10-1-2-14-11(6-10)8(7-26-14)3-15(23)24/h1-2,4-7H,3H2,(H,23,24). The maximum Gasteiger partial charge on any atom is 0.416 e. The van der Waals surface area contributed by atoms with Gasteiger partial charge in [-0.05, 0) is 46.7 Å². The van der Waals surface area contributed by atoms with Gasteiger partial charge in [-0.1, -0.05) is 11.6 Å². The van der Waals surface area contributed by atoms with E-state index in [1.807, 2.05) is 0 Å². The van der Waals surface area contributed by atoms with Gasteiger partial charge in [-0.3, -0.25) is 4.79 Å². The Morgan fingerprint density at radius 1 is 1.23 bits per heavy atom. The molecule has 3 rings (SSSR count). The number of carboxylic acids is 1. The molecule has 9 heteroatoms. The van der Waals surface area contributed by atoms with Gasteiger partial charge >= 0.3 is 12.1 Å². The molecule has 2 aromatic carbocycles. The third kappa shape index (κ3) is 3.76. The van der Waals surface area contributed by atoms with Crippen LogP contribution in [0.5, 0.6) is 11.5 Å². The van der Waals surface area contributed by atoms with Crippen molar-refractivity contribution in [2.75, 3.05) is 0 Å². The molecule has 3 nitrogen and oxygen atoms in total. The Morgan fingerprint density at radius 3 is 2.58 bits per heavy atom. The maximum absolute atomic E-state index is 14.0. The molecule has 0 atom stereocenters. The molecule has 0 bridgehead atoms. The second-order valence-corrected chi connectivity index (χ2v) is 6.68. The zero-order valence-corrected chi connectivity index (χ0v) is 14.3. The van der Waals surface area contributed by atoms with E-state index in [9.17, 15) is 22.4 Å². The number of thiophene rings is 1. The van der Waals surface area contributed by atoms with E-state index in [1.165, 1.54) is 23.5 Å². The van der Waals surface area contributed by atoms with E-state index in [-0.39, 0.29) is 12.2 Å². The zero-order valence-electron chi connectivity index (χ0n) is 12.7. The number of rotatable bonds is 4. The molecule has 0 aliphatic carbocycles. The number of alkyl halides is 3. The Hall–Kier alpha value is -2.32. The first-order chi connectivity index (χ1) is 12.1. The van der Waals surface area contributed by atoms with Crippen LogP contribution in [0.3, 0.4) is 0 Å². The fraction of sp³-hybridized carbons (Fsp3) is 0.118. The number of hydrogen-bond acceptors (Lipinski definition) is 3. The molecular formula is C17H9ClF4O3S. The molecule has 0 unspecified atom stereocenters. The van der Waals surface area contributed by atoms with Crippen molar-refractivity contribution in [3.05, 3.63) is 57.7 Å². The van der Waals surface area contributed by atoms with Crippen LogP contribution in [0.25, 0.3) is 10.1 Å². The van der Waals surface area contributed by atoms with Crippen LogP contribution >= 0.6 is 22.9 Å². The van der Waals surface area contributed by atoms with E-state index in [1.54, 1.807) is 11.4 Å². The van der Waals surface area contributed by atoms with Crippen LogP contribution in [0.2, 0.25) is 5.02 Å². The van der Waals surface area contributed by atoms with Crippen LogP contribution in [0.4, 0.5) is 17.6 Å². The molecule has 1 aromatic heterocycles. The topological polar surface area (TPSA) is 46.5 Å². The van der Waals surface area contributed by atoms with Crippen molar-refractivity contribution in [1.29, 1.82) is 0 Å². The summed E-state index contributed by atoms with van der Waals surface area (Å²) in [6.07, 6.45) is -4.93. The smallest absolute Gasteiger partial charge is 0.416 e. The van der Waals surface area contributed by atoms with E-state index in [0.29, 0.717) is 23.1 Å². The van der Waals surface area contributed by atoms with Gasteiger partial charge < -0.3 is 9.84 Å². The van der Waals surface area contributed by atoms with Crippen molar-refractivity contribution < 1.29 is 32.2 Å². The Labute approximate surface area is 153 Å². The Kier molecular flexibility index (Phi) is 4.81. The van der Waals surface area contributed by atoms with Crippen molar-refractivity contribution >= 4 is 39.0 Å². The summed E-state index contributed by atoms with van der Waals surface area (Å²) in [6.45, 7) is 0. The highest BCUT2D eigenvalue weighted by Gasteiger charge is 2.32. The summed E-state index contributed by atoms with van der Waals surface area (Å²) in [7, 11) is 0. The minimum absolute atomic E-state index is 0.128. The van der Waals surface area contributed by atoms with Crippen LogP contribution in [0.1, 0.15) is 11.1 Å². The molecule has 1 N–H and O–H groups in total. The van der Waals surface area contributed by atoms with Crippen molar-refractivity contribution in [2.45, 2.75) is 12.6 Å². The first-order valence-corrected chi connectivity index (χ1v) is 8.37. The van der Waals surface area contributed by atoms with Crippen LogP contribution in [-0.2, 0) is 17.4 Å². The van der Waals surface area contributed by atoms with E-state index in [0.717, 1.165) is 4.70 Å². The van der Waals surface area contributed by atoms with Crippen LogP contribution < -0.4 is 4.74 Å². The fourth-order valence-electron chi connectivity index (χ4n) is 2.36. The molecule has 136 valence electrons. The molecule has 0 aliphatic heterocycles. The summed E-state index contributed by atoms with van der Waals surface area (Å²) < 4.78 is 58.2. The average molecular weight is 405 g/mol. The van der Waals surface area contributed by atoms with Gasteiger partial charge in [0.25, 0.3) is 0 Å². The number of carbonyl (C=O) groups is 1. The van der Waals surface area contributed by atoms with E-state index >= 15 is 0 Å². The maximum atomic E-state index is 14.0. The number of hydrogen-bond donors (Lipinski definition) is 1. The summed E-state index contributed by atoms with van der Waals surface area (Å²) in [6, 6.07) is 5.53. The Bertz CT molecular complexity index is 974. The normalized spacial score (nSPS) is 11.7. The fourth-order valence-corrected chi connectivity index (χ4v) is 3.55. The minimum atomic E-state index is -4.73. The number of ether oxygens (including phenoxy) is 1. The van der Waals surface area contributed by atoms with Gasteiger partial charge in [0.2, 0.25) is 0 Å². The lowest BCUT2D eigenvalue weighted by Gasteiger charge is -2.12. The molecular weight excluding hydrogens is 396 g/mol.